The fourth-order valence-corrected chi connectivity index (χ4v) is 4.19. The van der Waals surface area contributed by atoms with Crippen molar-refractivity contribution in [2.75, 3.05) is 16.6 Å². The van der Waals surface area contributed by atoms with E-state index in [1.54, 1.807) is 23.6 Å². The Bertz CT molecular complexity index is 1060. The largest absolute Gasteiger partial charge is 0.492 e. The van der Waals surface area contributed by atoms with Crippen LogP contribution in [0.5, 0.6) is 5.75 Å². The Labute approximate surface area is 173 Å². The van der Waals surface area contributed by atoms with Crippen molar-refractivity contribution in [2.45, 2.75) is 18.7 Å². The first kappa shape index (κ1) is 20.8. The molecule has 1 heterocycles. The van der Waals surface area contributed by atoms with Crippen LogP contribution >= 0.6 is 11.3 Å². The van der Waals surface area contributed by atoms with E-state index in [2.05, 4.69) is 15.0 Å². The number of carbonyl (C=O) groups is 1. The number of nitrogens with zero attached hydrogens (tertiary/aromatic N) is 1. The zero-order chi connectivity index (χ0) is 20.9. The number of para-hydroxylation sites is 1. The molecule has 3 rings (SSSR count). The summed E-state index contributed by atoms with van der Waals surface area (Å²) in [5.74, 6) is 0.505. The van der Waals surface area contributed by atoms with Gasteiger partial charge in [-0.15, -0.1) is 11.3 Å². The minimum atomic E-state index is -3.74. The van der Waals surface area contributed by atoms with Crippen LogP contribution in [-0.4, -0.2) is 25.9 Å². The van der Waals surface area contributed by atoms with E-state index >= 15 is 0 Å². The molecule has 1 amide bonds. The molecule has 9 heteroatoms. The molecule has 152 valence electrons. The van der Waals surface area contributed by atoms with E-state index in [0.29, 0.717) is 34.7 Å². The van der Waals surface area contributed by atoms with Crippen molar-refractivity contribution in [3.63, 3.8) is 0 Å². The zero-order valence-electron chi connectivity index (χ0n) is 16.0. The number of amides is 1. The Balaban J connectivity index is 1.71. The normalized spacial score (nSPS) is 11.3. The van der Waals surface area contributed by atoms with Gasteiger partial charge in [0, 0.05) is 17.3 Å². The number of thiazole rings is 1. The Hall–Kier alpha value is -2.91. The highest BCUT2D eigenvalue weighted by molar-refractivity contribution is 7.93. The Kier molecular flexibility index (Phi) is 6.50. The molecule has 0 unspecified atom stereocenters. The van der Waals surface area contributed by atoms with Crippen LogP contribution in [0.4, 0.5) is 10.8 Å². The van der Waals surface area contributed by atoms with E-state index in [-0.39, 0.29) is 10.8 Å². The summed E-state index contributed by atoms with van der Waals surface area (Å²) in [5.41, 5.74) is 0.886. The van der Waals surface area contributed by atoms with E-state index in [1.807, 2.05) is 19.9 Å². The second-order valence-electron chi connectivity index (χ2n) is 6.62. The number of sulfonamides is 1. The van der Waals surface area contributed by atoms with Crippen LogP contribution in [0.3, 0.4) is 0 Å². The van der Waals surface area contributed by atoms with Crippen molar-refractivity contribution in [3.05, 3.63) is 65.7 Å². The van der Waals surface area contributed by atoms with Gasteiger partial charge in [-0.05, 0) is 42.3 Å². The first-order valence-electron chi connectivity index (χ1n) is 8.91. The summed E-state index contributed by atoms with van der Waals surface area (Å²) < 4.78 is 32.9. The van der Waals surface area contributed by atoms with Crippen molar-refractivity contribution in [1.29, 1.82) is 0 Å². The summed E-state index contributed by atoms with van der Waals surface area (Å²) >= 11 is 1.19. The molecule has 3 aromatic rings. The molecule has 2 aromatic carbocycles. The van der Waals surface area contributed by atoms with Gasteiger partial charge in [-0.2, -0.15) is 0 Å². The van der Waals surface area contributed by atoms with E-state index < -0.39 is 10.0 Å². The van der Waals surface area contributed by atoms with Crippen LogP contribution in [0.15, 0.2) is 65.0 Å². The SMILES string of the molecule is CC(C)COc1ccccc1C(=O)Nc1ccc(S(=O)(=O)Nc2nccs2)cc1. The molecule has 0 aliphatic heterocycles. The number of hydrogen-bond donors (Lipinski definition) is 2. The number of rotatable bonds is 8. The van der Waals surface area contributed by atoms with E-state index in [4.69, 9.17) is 4.74 Å². The van der Waals surface area contributed by atoms with E-state index in [0.717, 1.165) is 0 Å². The van der Waals surface area contributed by atoms with Crippen LogP contribution in [0.25, 0.3) is 0 Å². The molecule has 0 aliphatic rings. The molecule has 2 N–H and O–H groups in total. The molecule has 29 heavy (non-hydrogen) atoms. The molecule has 0 saturated heterocycles. The molecule has 7 nitrogen and oxygen atoms in total. The monoisotopic (exact) mass is 431 g/mol. The fourth-order valence-electron chi connectivity index (χ4n) is 2.40. The minimum Gasteiger partial charge on any atom is -0.492 e. The Morgan fingerprint density at radius 2 is 1.86 bits per heavy atom. The number of anilines is 2. The number of nitrogens with one attached hydrogen (secondary N) is 2. The predicted octanol–water partition coefficient (Wildman–Crippen LogP) is 4.23. The van der Waals surface area contributed by atoms with Gasteiger partial charge in [-0.1, -0.05) is 26.0 Å². The molecular formula is C20H21N3O4S2. The highest BCUT2D eigenvalue weighted by Gasteiger charge is 2.17. The fraction of sp³-hybridized carbons (Fsp3) is 0.200. The predicted molar refractivity (Wildman–Crippen MR) is 114 cm³/mol. The van der Waals surface area contributed by atoms with Crippen LogP contribution in [0.1, 0.15) is 24.2 Å². The summed E-state index contributed by atoms with van der Waals surface area (Å²) in [5, 5.41) is 4.74. The van der Waals surface area contributed by atoms with E-state index in [1.165, 1.54) is 41.8 Å². The third kappa shape index (κ3) is 5.55. The molecule has 0 spiro atoms. The number of hydrogen-bond acceptors (Lipinski definition) is 6. The van der Waals surface area contributed by atoms with Crippen molar-refractivity contribution in [2.24, 2.45) is 5.92 Å². The molecule has 1 aromatic heterocycles. The molecule has 0 fully saturated rings. The first-order valence-corrected chi connectivity index (χ1v) is 11.3. The van der Waals surface area contributed by atoms with Gasteiger partial charge >= 0.3 is 0 Å². The van der Waals surface area contributed by atoms with Gasteiger partial charge in [0.25, 0.3) is 15.9 Å². The van der Waals surface area contributed by atoms with Crippen LogP contribution in [0, 0.1) is 5.92 Å². The van der Waals surface area contributed by atoms with Crippen molar-refractivity contribution < 1.29 is 17.9 Å². The molecule has 0 atom stereocenters. The Morgan fingerprint density at radius 3 is 2.52 bits per heavy atom. The van der Waals surface area contributed by atoms with E-state index in [9.17, 15) is 13.2 Å². The van der Waals surface area contributed by atoms with Gasteiger partial charge in [0.05, 0.1) is 17.1 Å². The third-order valence-electron chi connectivity index (χ3n) is 3.78. The Morgan fingerprint density at radius 1 is 1.14 bits per heavy atom. The summed E-state index contributed by atoms with van der Waals surface area (Å²) in [6.45, 7) is 4.56. The highest BCUT2D eigenvalue weighted by atomic mass is 32.2. The van der Waals surface area contributed by atoms with Gasteiger partial charge in [0.1, 0.15) is 5.75 Å². The lowest BCUT2D eigenvalue weighted by atomic mass is 10.1. The number of benzene rings is 2. The third-order valence-corrected chi connectivity index (χ3v) is 5.95. The molecule has 0 saturated carbocycles. The second kappa shape index (κ2) is 9.06. The molecule has 0 radical (unpaired) electrons. The number of ether oxygens (including phenoxy) is 1. The average Bonchev–Trinajstić information content (AvgIpc) is 3.19. The lowest BCUT2D eigenvalue weighted by molar-refractivity contribution is 0.102. The summed E-state index contributed by atoms with van der Waals surface area (Å²) in [7, 11) is -3.74. The number of carbonyl (C=O) groups excluding carboxylic acids is 1. The summed E-state index contributed by atoms with van der Waals surface area (Å²) in [4.78, 5) is 16.6. The van der Waals surface area contributed by atoms with Gasteiger partial charge in [-0.25, -0.2) is 13.4 Å². The van der Waals surface area contributed by atoms with Gasteiger partial charge in [0.2, 0.25) is 0 Å². The second-order valence-corrected chi connectivity index (χ2v) is 9.20. The summed E-state index contributed by atoms with van der Waals surface area (Å²) in [6.07, 6.45) is 1.52. The maximum Gasteiger partial charge on any atom is 0.263 e. The zero-order valence-corrected chi connectivity index (χ0v) is 17.6. The quantitative estimate of drug-likeness (QED) is 0.556. The smallest absolute Gasteiger partial charge is 0.263 e. The summed E-state index contributed by atoms with van der Waals surface area (Å²) in [6, 6.07) is 12.9. The van der Waals surface area contributed by atoms with Crippen molar-refractivity contribution in [3.8, 4) is 5.75 Å². The van der Waals surface area contributed by atoms with Crippen molar-refractivity contribution >= 4 is 38.1 Å². The van der Waals surface area contributed by atoms with Crippen molar-refractivity contribution in [1.82, 2.24) is 4.98 Å². The standard InChI is InChI=1S/C20H21N3O4S2/c1-14(2)13-27-18-6-4-3-5-17(18)19(24)22-15-7-9-16(10-8-15)29(25,26)23-20-21-11-12-28-20/h3-12,14H,13H2,1-2H3,(H,21,23)(H,22,24). The van der Waals surface area contributed by atoms with Crippen LogP contribution < -0.4 is 14.8 Å². The highest BCUT2D eigenvalue weighted by Crippen LogP contribution is 2.22. The average molecular weight is 432 g/mol. The maximum atomic E-state index is 12.6. The van der Waals surface area contributed by atoms with Gasteiger partial charge < -0.3 is 10.1 Å². The first-order chi connectivity index (χ1) is 13.8. The van der Waals surface area contributed by atoms with Crippen LogP contribution in [0.2, 0.25) is 0 Å². The molecular weight excluding hydrogens is 410 g/mol. The number of aromatic nitrogens is 1. The minimum absolute atomic E-state index is 0.0753. The maximum absolute atomic E-state index is 12.6. The van der Waals surface area contributed by atoms with Crippen LogP contribution in [-0.2, 0) is 10.0 Å². The topological polar surface area (TPSA) is 97.4 Å². The molecule has 0 bridgehead atoms. The lowest BCUT2D eigenvalue weighted by Crippen LogP contribution is -2.15. The lowest BCUT2D eigenvalue weighted by Gasteiger charge is -2.13. The van der Waals surface area contributed by atoms with Gasteiger partial charge in [0.15, 0.2) is 5.13 Å². The molecule has 0 aliphatic carbocycles. The van der Waals surface area contributed by atoms with Gasteiger partial charge in [-0.3, -0.25) is 9.52 Å².